The molecule has 1 heteroatoms. The lowest BCUT2D eigenvalue weighted by Gasteiger charge is -2.01. The first-order chi connectivity index (χ1) is 4.88. The quantitative estimate of drug-likeness (QED) is 0.586. The van der Waals surface area contributed by atoms with Crippen molar-refractivity contribution in [1.29, 1.82) is 0 Å². The van der Waals surface area contributed by atoms with Crippen molar-refractivity contribution in [2.75, 3.05) is 6.26 Å². The second kappa shape index (κ2) is 3.67. The molecule has 0 aliphatic heterocycles. The summed E-state index contributed by atoms with van der Waals surface area (Å²) < 4.78 is 0. The van der Waals surface area contributed by atoms with Crippen molar-refractivity contribution in [1.82, 2.24) is 0 Å². The van der Waals surface area contributed by atoms with Gasteiger partial charge in [-0.3, -0.25) is 0 Å². The second-order valence-electron chi connectivity index (χ2n) is 2.08. The largest absolute Gasteiger partial charge is 0.129 e. The number of rotatable bonds is 2. The van der Waals surface area contributed by atoms with E-state index in [2.05, 4.69) is 25.3 Å². The smallest absolute Gasteiger partial charge is 0.0180 e. The Morgan fingerprint density at radius 2 is 2.40 bits per heavy atom. The number of thioether (sulfide) groups is 1. The van der Waals surface area contributed by atoms with E-state index in [1.807, 2.05) is 12.1 Å². The van der Waals surface area contributed by atoms with Crippen molar-refractivity contribution < 1.29 is 0 Å². The standard InChI is InChI=1S/C9H11S/c1-3-8-6-4-5-7-9(8)10-2/h4-6H,3H2,1-2H3. The molecule has 0 nitrogen and oxygen atoms in total. The fourth-order valence-electron chi connectivity index (χ4n) is 0.925. The lowest BCUT2D eigenvalue weighted by molar-refractivity contribution is 1.08. The molecule has 0 unspecified atom stereocenters. The third kappa shape index (κ3) is 1.54. The number of hydrogen-bond acceptors (Lipinski definition) is 1. The molecule has 10 heavy (non-hydrogen) atoms. The van der Waals surface area contributed by atoms with Gasteiger partial charge in [0, 0.05) is 4.90 Å². The Balaban J connectivity index is 2.96. The molecule has 0 fully saturated rings. The average Bonchev–Trinajstić information content (AvgIpc) is 2.04. The summed E-state index contributed by atoms with van der Waals surface area (Å²) in [4.78, 5) is 1.28. The minimum atomic E-state index is 1.10. The molecule has 0 saturated heterocycles. The highest BCUT2D eigenvalue weighted by molar-refractivity contribution is 7.98. The number of benzene rings is 1. The maximum atomic E-state index is 3.20. The Hall–Kier alpha value is -0.430. The molecule has 0 atom stereocenters. The van der Waals surface area contributed by atoms with Crippen LogP contribution in [-0.2, 0) is 6.42 Å². The summed E-state index contributed by atoms with van der Waals surface area (Å²) in [6.45, 7) is 2.17. The highest BCUT2D eigenvalue weighted by Crippen LogP contribution is 2.18. The van der Waals surface area contributed by atoms with E-state index in [0.717, 1.165) is 6.42 Å². The van der Waals surface area contributed by atoms with E-state index in [9.17, 15) is 0 Å². The van der Waals surface area contributed by atoms with Gasteiger partial charge in [0.25, 0.3) is 0 Å². The molecule has 0 aliphatic rings. The van der Waals surface area contributed by atoms with Crippen LogP contribution in [0.3, 0.4) is 0 Å². The summed E-state index contributed by atoms with van der Waals surface area (Å²) in [6.07, 6.45) is 3.19. The zero-order valence-electron chi connectivity index (χ0n) is 6.35. The van der Waals surface area contributed by atoms with Crippen LogP contribution in [0.2, 0.25) is 0 Å². The summed E-state index contributed by atoms with van der Waals surface area (Å²) in [7, 11) is 0. The summed E-state index contributed by atoms with van der Waals surface area (Å²) >= 11 is 1.76. The van der Waals surface area contributed by atoms with Crippen LogP contribution < -0.4 is 0 Å². The van der Waals surface area contributed by atoms with Gasteiger partial charge >= 0.3 is 0 Å². The maximum absolute atomic E-state index is 3.20. The van der Waals surface area contributed by atoms with E-state index < -0.39 is 0 Å². The zero-order valence-corrected chi connectivity index (χ0v) is 7.16. The monoisotopic (exact) mass is 151 g/mol. The normalized spacial score (nSPS) is 9.80. The second-order valence-corrected chi connectivity index (χ2v) is 2.90. The molecule has 0 amide bonds. The van der Waals surface area contributed by atoms with Gasteiger partial charge in [-0.25, -0.2) is 0 Å². The third-order valence-electron chi connectivity index (χ3n) is 1.48. The highest BCUT2D eigenvalue weighted by atomic mass is 32.2. The van der Waals surface area contributed by atoms with E-state index in [1.54, 1.807) is 11.8 Å². The first-order valence-electron chi connectivity index (χ1n) is 3.42. The van der Waals surface area contributed by atoms with Gasteiger partial charge in [0.05, 0.1) is 0 Å². The molecule has 1 rings (SSSR count). The molecule has 0 bridgehead atoms. The Labute approximate surface area is 66.6 Å². The van der Waals surface area contributed by atoms with Crippen molar-refractivity contribution in [2.45, 2.75) is 18.2 Å². The fourth-order valence-corrected chi connectivity index (χ4v) is 1.59. The molecule has 1 radical (unpaired) electrons. The van der Waals surface area contributed by atoms with Gasteiger partial charge in [-0.2, -0.15) is 0 Å². The molecule has 53 valence electrons. The van der Waals surface area contributed by atoms with Crippen LogP contribution in [0.25, 0.3) is 0 Å². The molecule has 0 heterocycles. The van der Waals surface area contributed by atoms with E-state index in [-0.39, 0.29) is 0 Å². The first kappa shape index (κ1) is 7.67. The van der Waals surface area contributed by atoms with E-state index in [4.69, 9.17) is 0 Å². The SMILES string of the molecule is CCc1ccc[c]c1SC. The molecule has 0 spiro atoms. The van der Waals surface area contributed by atoms with Gasteiger partial charge in [-0.05, 0) is 24.3 Å². The third-order valence-corrected chi connectivity index (χ3v) is 2.27. The molecule has 0 saturated carbocycles. The molecular formula is C9H11S. The van der Waals surface area contributed by atoms with E-state index in [1.165, 1.54) is 10.5 Å². The van der Waals surface area contributed by atoms with Crippen LogP contribution in [0, 0.1) is 6.07 Å². The first-order valence-corrected chi connectivity index (χ1v) is 4.64. The van der Waals surface area contributed by atoms with Crippen LogP contribution >= 0.6 is 11.8 Å². The van der Waals surface area contributed by atoms with Crippen LogP contribution in [0.5, 0.6) is 0 Å². The molecular weight excluding hydrogens is 140 g/mol. The molecule has 0 N–H and O–H groups in total. The summed E-state index contributed by atoms with van der Waals surface area (Å²) in [5.41, 5.74) is 1.40. The van der Waals surface area contributed by atoms with Crippen molar-refractivity contribution in [3.8, 4) is 0 Å². The Morgan fingerprint density at radius 1 is 1.60 bits per heavy atom. The van der Waals surface area contributed by atoms with Crippen molar-refractivity contribution in [2.24, 2.45) is 0 Å². The minimum Gasteiger partial charge on any atom is -0.129 e. The van der Waals surface area contributed by atoms with E-state index >= 15 is 0 Å². The van der Waals surface area contributed by atoms with Crippen LogP contribution in [0.15, 0.2) is 23.1 Å². The minimum absolute atomic E-state index is 1.10. The highest BCUT2D eigenvalue weighted by Gasteiger charge is 1.95. The molecule has 1 aromatic rings. The molecule has 0 aliphatic carbocycles. The van der Waals surface area contributed by atoms with Gasteiger partial charge in [-0.1, -0.05) is 25.1 Å². The van der Waals surface area contributed by atoms with Crippen molar-refractivity contribution in [3.05, 3.63) is 29.8 Å². The van der Waals surface area contributed by atoms with Crippen LogP contribution in [0.4, 0.5) is 0 Å². The van der Waals surface area contributed by atoms with Crippen LogP contribution in [-0.4, -0.2) is 6.26 Å². The van der Waals surface area contributed by atoms with Gasteiger partial charge < -0.3 is 0 Å². The number of hydrogen-bond donors (Lipinski definition) is 0. The van der Waals surface area contributed by atoms with Gasteiger partial charge in [0.2, 0.25) is 0 Å². The summed E-state index contributed by atoms with van der Waals surface area (Å²) in [6, 6.07) is 9.36. The zero-order chi connectivity index (χ0) is 7.40. The van der Waals surface area contributed by atoms with Gasteiger partial charge in [0.15, 0.2) is 0 Å². The van der Waals surface area contributed by atoms with Gasteiger partial charge in [-0.15, -0.1) is 11.8 Å². The average molecular weight is 151 g/mol. The lowest BCUT2D eigenvalue weighted by atomic mass is 10.2. The van der Waals surface area contributed by atoms with Gasteiger partial charge in [0.1, 0.15) is 0 Å². The lowest BCUT2D eigenvalue weighted by Crippen LogP contribution is -1.82. The van der Waals surface area contributed by atoms with Crippen LogP contribution in [0.1, 0.15) is 12.5 Å². The van der Waals surface area contributed by atoms with E-state index in [0.29, 0.717) is 0 Å². The summed E-state index contributed by atoms with van der Waals surface area (Å²) in [5.74, 6) is 0. The predicted octanol–water partition coefficient (Wildman–Crippen LogP) is 2.77. The molecule has 0 aromatic heterocycles. The topological polar surface area (TPSA) is 0 Å². The van der Waals surface area contributed by atoms with Crippen molar-refractivity contribution in [3.63, 3.8) is 0 Å². The number of aryl methyl sites for hydroxylation is 1. The molecule has 1 aromatic carbocycles. The summed E-state index contributed by atoms with van der Waals surface area (Å²) in [5, 5.41) is 0. The predicted molar refractivity (Wildman–Crippen MR) is 46.4 cm³/mol. The Kier molecular flexibility index (Phi) is 2.82. The van der Waals surface area contributed by atoms with Crippen molar-refractivity contribution >= 4 is 11.8 Å². The Bertz CT molecular complexity index is 183. The Morgan fingerprint density at radius 3 is 2.90 bits per heavy atom. The maximum Gasteiger partial charge on any atom is 0.0180 e. The fraction of sp³-hybridized carbons (Fsp3) is 0.333.